The van der Waals surface area contributed by atoms with E-state index in [1.54, 1.807) is 0 Å². The number of nitrogens with zero attached hydrogens (tertiary/aromatic N) is 2. The zero-order valence-corrected chi connectivity index (χ0v) is 28.6. The summed E-state index contributed by atoms with van der Waals surface area (Å²) in [4.78, 5) is 13.4. The van der Waals surface area contributed by atoms with E-state index in [2.05, 4.69) is 74.4 Å². The number of aromatic nitrogens is 1. The van der Waals surface area contributed by atoms with E-state index in [0.29, 0.717) is 13.2 Å². The third-order valence-corrected chi connectivity index (χ3v) is 9.28. The van der Waals surface area contributed by atoms with Gasteiger partial charge in [0.25, 0.3) is 0 Å². The second kappa shape index (κ2) is 17.1. The average molecular weight is 626 g/mol. The van der Waals surface area contributed by atoms with Gasteiger partial charge in [-0.3, -0.25) is 0 Å². The largest absolute Gasteiger partial charge is 0.376 e. The molecule has 6 heteroatoms. The van der Waals surface area contributed by atoms with Crippen LogP contribution in [0.15, 0.2) is 81.2 Å². The molecule has 46 heavy (non-hydrogen) atoms. The summed E-state index contributed by atoms with van der Waals surface area (Å²) < 4.78 is 23.0. The number of fused-ring (bicyclic) bond motifs is 6. The van der Waals surface area contributed by atoms with Gasteiger partial charge in [0.15, 0.2) is 0 Å². The summed E-state index contributed by atoms with van der Waals surface area (Å²) in [7, 11) is 0. The van der Waals surface area contributed by atoms with E-state index < -0.39 is 11.9 Å². The Hall–Kier alpha value is -3.22. The Labute approximate surface area is 278 Å². The molecule has 0 fully saturated rings. The Bertz CT molecular complexity index is 1560. The lowest BCUT2D eigenvalue weighted by Crippen LogP contribution is -2.49. The SMILES string of the molecule is [2H]C1C(C(C)OCCCCCCCC)=C2/C=C3/C=CC(=N3)/C=c3/cc/c([nH]3)=C/C3=NC(=C\C1(C(C)OCCCCCCCC)N2)/C=C3. The fraction of sp³-hybridized carbons (Fsp3) is 0.550. The van der Waals surface area contributed by atoms with Gasteiger partial charge in [0, 0.05) is 37.4 Å². The molecule has 8 bridgehead atoms. The first-order valence-electron chi connectivity index (χ1n) is 18.5. The highest BCUT2D eigenvalue weighted by Gasteiger charge is 2.43. The van der Waals surface area contributed by atoms with Crippen molar-refractivity contribution in [3.63, 3.8) is 0 Å². The summed E-state index contributed by atoms with van der Waals surface area (Å²) in [5.41, 5.74) is 4.43. The molecule has 5 rings (SSSR count). The number of allylic oxidation sites excluding steroid dienone is 5. The molecule has 0 radical (unpaired) electrons. The van der Waals surface area contributed by atoms with Crippen molar-refractivity contribution in [1.82, 2.24) is 10.3 Å². The van der Waals surface area contributed by atoms with Crippen molar-refractivity contribution in [2.24, 2.45) is 9.98 Å². The summed E-state index contributed by atoms with van der Waals surface area (Å²) in [6.07, 6.45) is 29.9. The minimum absolute atomic E-state index is 0.232. The first-order chi connectivity index (χ1) is 22.9. The Morgan fingerprint density at radius 3 is 1.96 bits per heavy atom. The van der Waals surface area contributed by atoms with Crippen LogP contribution in [0.2, 0.25) is 0 Å². The molecule has 2 N–H and O–H groups in total. The van der Waals surface area contributed by atoms with Crippen LogP contribution in [0.1, 0.15) is 113 Å². The van der Waals surface area contributed by atoms with Crippen LogP contribution in [0.3, 0.4) is 0 Å². The van der Waals surface area contributed by atoms with Gasteiger partial charge in [0.2, 0.25) is 0 Å². The van der Waals surface area contributed by atoms with E-state index in [9.17, 15) is 1.37 Å². The highest BCUT2D eigenvalue weighted by atomic mass is 16.5. The molecular weight excluding hydrogens is 568 g/mol. The fourth-order valence-corrected chi connectivity index (χ4v) is 6.48. The van der Waals surface area contributed by atoms with E-state index in [1.807, 2.05) is 24.3 Å². The van der Waals surface area contributed by atoms with E-state index in [1.165, 1.54) is 64.2 Å². The molecule has 4 atom stereocenters. The maximum Gasteiger partial charge on any atom is 0.0878 e. The van der Waals surface area contributed by atoms with E-state index in [-0.39, 0.29) is 12.2 Å². The van der Waals surface area contributed by atoms with Gasteiger partial charge in [-0.15, -0.1) is 0 Å². The molecule has 6 nitrogen and oxygen atoms in total. The lowest BCUT2D eigenvalue weighted by Gasteiger charge is -2.35. The summed E-state index contributed by atoms with van der Waals surface area (Å²) in [6.45, 7) is 10.1. The summed E-state index contributed by atoms with van der Waals surface area (Å²) >= 11 is 0. The topological polar surface area (TPSA) is 71.0 Å². The van der Waals surface area contributed by atoms with Crippen molar-refractivity contribution in [3.8, 4) is 0 Å². The molecular formula is C40H56N4O2. The molecule has 4 unspecified atom stereocenters. The molecule has 1 aromatic rings. The van der Waals surface area contributed by atoms with Crippen LogP contribution in [-0.2, 0) is 9.47 Å². The monoisotopic (exact) mass is 625 g/mol. The third kappa shape index (κ3) is 9.42. The predicted molar refractivity (Wildman–Crippen MR) is 193 cm³/mol. The number of hydrogen-bond acceptors (Lipinski definition) is 5. The van der Waals surface area contributed by atoms with Crippen LogP contribution in [0.4, 0.5) is 0 Å². The number of hydrogen-bond donors (Lipinski definition) is 2. The number of aliphatic imine (C=N–C) groups is 2. The van der Waals surface area contributed by atoms with Crippen LogP contribution in [0, 0.1) is 0 Å². The number of nitrogens with one attached hydrogen (secondary N) is 2. The zero-order chi connectivity index (χ0) is 33.1. The number of unbranched alkanes of at least 4 members (excludes halogenated alkanes) is 10. The van der Waals surface area contributed by atoms with Gasteiger partial charge in [-0.05, 0) is 93.0 Å². The van der Waals surface area contributed by atoms with Gasteiger partial charge in [-0.25, -0.2) is 9.98 Å². The van der Waals surface area contributed by atoms with E-state index >= 15 is 0 Å². The lowest BCUT2D eigenvalue weighted by molar-refractivity contribution is 0.0163. The number of ether oxygens (including phenoxy) is 2. The zero-order valence-electron chi connectivity index (χ0n) is 29.6. The molecule has 0 saturated carbocycles. The van der Waals surface area contributed by atoms with Crippen molar-refractivity contribution >= 4 is 23.6 Å². The summed E-state index contributed by atoms with van der Waals surface area (Å²) in [5, 5.41) is 5.80. The normalized spacial score (nSPS) is 27.0. The van der Waals surface area contributed by atoms with Gasteiger partial charge in [0.05, 0.1) is 40.6 Å². The third-order valence-electron chi connectivity index (χ3n) is 9.28. The molecule has 4 aliphatic heterocycles. The van der Waals surface area contributed by atoms with Gasteiger partial charge < -0.3 is 19.8 Å². The summed E-state index contributed by atoms with van der Waals surface area (Å²) in [6, 6.07) is 4.12. The Kier molecular flexibility index (Phi) is 12.1. The first-order valence-corrected chi connectivity index (χ1v) is 18.0. The summed E-state index contributed by atoms with van der Waals surface area (Å²) in [5.74, 6) is 0. The number of rotatable bonds is 18. The molecule has 4 aliphatic rings. The molecule has 5 heterocycles. The minimum Gasteiger partial charge on any atom is -0.376 e. The van der Waals surface area contributed by atoms with E-state index in [4.69, 9.17) is 19.5 Å². The molecule has 0 aliphatic carbocycles. The quantitative estimate of drug-likeness (QED) is 0.163. The van der Waals surface area contributed by atoms with Crippen LogP contribution in [0.5, 0.6) is 0 Å². The van der Waals surface area contributed by atoms with Crippen LogP contribution >= 0.6 is 0 Å². The van der Waals surface area contributed by atoms with Crippen molar-refractivity contribution in [2.75, 3.05) is 13.2 Å². The molecule has 248 valence electrons. The van der Waals surface area contributed by atoms with Crippen molar-refractivity contribution in [1.29, 1.82) is 0 Å². The predicted octanol–water partition coefficient (Wildman–Crippen LogP) is 7.90. The van der Waals surface area contributed by atoms with Crippen LogP contribution < -0.4 is 16.0 Å². The Balaban J connectivity index is 1.46. The van der Waals surface area contributed by atoms with Gasteiger partial charge in [-0.1, -0.05) is 78.1 Å². The first kappa shape index (κ1) is 32.7. The van der Waals surface area contributed by atoms with Gasteiger partial charge >= 0.3 is 0 Å². The highest BCUT2D eigenvalue weighted by Crippen LogP contribution is 2.38. The van der Waals surface area contributed by atoms with Gasteiger partial charge in [0.1, 0.15) is 0 Å². The average Bonchev–Trinajstić information content (AvgIpc) is 3.85. The smallest absolute Gasteiger partial charge is 0.0878 e. The van der Waals surface area contributed by atoms with Crippen molar-refractivity contribution in [3.05, 3.63) is 82.0 Å². The lowest BCUT2D eigenvalue weighted by atomic mass is 9.86. The van der Waals surface area contributed by atoms with Crippen molar-refractivity contribution in [2.45, 2.75) is 129 Å². The van der Waals surface area contributed by atoms with E-state index in [0.717, 1.165) is 57.6 Å². The molecule has 0 aromatic carbocycles. The van der Waals surface area contributed by atoms with Crippen molar-refractivity contribution < 1.29 is 10.8 Å². The Morgan fingerprint density at radius 1 is 0.739 bits per heavy atom. The Morgan fingerprint density at radius 2 is 1.30 bits per heavy atom. The second-order valence-electron chi connectivity index (χ2n) is 13.2. The fourth-order valence-electron chi connectivity index (χ4n) is 6.48. The molecule has 1 aromatic heterocycles. The number of H-pyrrole nitrogens is 1. The number of aromatic amines is 1. The minimum atomic E-state index is -0.835. The molecule has 0 saturated heterocycles. The highest BCUT2D eigenvalue weighted by molar-refractivity contribution is 6.20. The second-order valence-corrected chi connectivity index (χ2v) is 13.2. The molecule has 0 amide bonds. The van der Waals surface area contributed by atoms with Gasteiger partial charge in [-0.2, -0.15) is 0 Å². The maximum absolute atomic E-state index is 9.87. The van der Waals surface area contributed by atoms with Crippen LogP contribution in [0.25, 0.3) is 12.2 Å². The maximum atomic E-state index is 9.87. The standard InChI is InChI=1S/C40H56N4O2/c1-5-7-9-11-13-15-23-45-30(3)38-29-40(31(4)46-24-16-14-12-10-8-6-2)28-37-22-21-35(43-37)26-33-18-17-32(41-33)25-34-19-20-36(42-34)27-39(38)44-40/h17-22,25-28,30-31,41,44H,5-16,23-24,29H2,1-4H3/b32-25-,33-26-,36-27-,37-28-/i29D. The molecule has 0 spiro atoms. The van der Waals surface area contributed by atoms with Crippen LogP contribution in [-0.4, -0.2) is 47.4 Å².